The van der Waals surface area contributed by atoms with Gasteiger partial charge in [-0.1, -0.05) is 52.4 Å². The molecule has 0 radical (unpaired) electrons. The minimum Gasteiger partial charge on any atom is -0.324 e. The molecule has 30 heavy (non-hydrogen) atoms. The number of nitrogens with zero attached hydrogens (tertiary/aromatic N) is 2. The molecule has 0 aliphatic carbocycles. The van der Waals surface area contributed by atoms with Gasteiger partial charge < -0.3 is 8.97 Å². The molecule has 6 saturated heterocycles. The molecule has 176 valence electrons. The first-order chi connectivity index (χ1) is 14.8. The molecule has 6 aliphatic heterocycles. The van der Waals surface area contributed by atoms with Crippen molar-refractivity contribution >= 4 is 0 Å². The summed E-state index contributed by atoms with van der Waals surface area (Å²) in [5.74, 6) is 2.22. The van der Waals surface area contributed by atoms with Crippen LogP contribution in [-0.2, 0) is 0 Å². The summed E-state index contributed by atoms with van der Waals surface area (Å²) in [4.78, 5) is 0. The fraction of sp³-hybridized carbons (Fsp3) is 1.00. The van der Waals surface area contributed by atoms with Crippen LogP contribution in [0.25, 0.3) is 0 Å². The van der Waals surface area contributed by atoms with Gasteiger partial charge in [-0.25, -0.2) is 0 Å². The maximum absolute atomic E-state index is 2.00. The maximum atomic E-state index is 2.00. The highest BCUT2D eigenvalue weighted by Crippen LogP contribution is 2.34. The van der Waals surface area contributed by atoms with Crippen LogP contribution < -0.4 is 0 Å². The van der Waals surface area contributed by atoms with Crippen molar-refractivity contribution in [3.05, 3.63) is 0 Å². The van der Waals surface area contributed by atoms with E-state index in [1.54, 1.807) is 38.5 Å². The van der Waals surface area contributed by atoms with Crippen LogP contribution in [0.5, 0.6) is 0 Å². The minimum atomic E-state index is 1.11. The Kier molecular flexibility index (Phi) is 10.5. The maximum Gasteiger partial charge on any atom is 0.0789 e. The van der Waals surface area contributed by atoms with Crippen LogP contribution in [-0.4, -0.2) is 61.3 Å². The first kappa shape index (κ1) is 24.6. The summed E-state index contributed by atoms with van der Waals surface area (Å²) < 4.78 is 3.02. The second-order valence-corrected chi connectivity index (χ2v) is 11.5. The second kappa shape index (κ2) is 12.8. The largest absolute Gasteiger partial charge is 0.324 e. The lowest BCUT2D eigenvalue weighted by Gasteiger charge is -2.49. The van der Waals surface area contributed by atoms with Gasteiger partial charge in [0.15, 0.2) is 0 Å². The molecule has 0 saturated carbocycles. The highest BCUT2D eigenvalue weighted by molar-refractivity contribution is 4.72. The lowest BCUT2D eigenvalue weighted by atomic mass is 9.85. The fourth-order valence-corrected chi connectivity index (χ4v) is 7.25. The molecular formula is C28H56N2+2. The second-order valence-electron chi connectivity index (χ2n) is 11.5. The first-order valence-corrected chi connectivity index (χ1v) is 14.5. The molecule has 0 amide bonds. The Hall–Kier alpha value is -0.0800. The van der Waals surface area contributed by atoms with Crippen LogP contribution >= 0.6 is 0 Å². The van der Waals surface area contributed by atoms with E-state index in [9.17, 15) is 0 Å². The Balaban J connectivity index is 0.00000124. The number of fused-ring (bicyclic) bond motifs is 6. The molecular weight excluding hydrogens is 364 g/mol. The Labute approximate surface area is 190 Å². The Morgan fingerprint density at radius 1 is 0.400 bits per heavy atom. The van der Waals surface area contributed by atoms with Gasteiger partial charge in [0, 0.05) is 0 Å². The molecule has 6 fully saturated rings. The Morgan fingerprint density at radius 3 is 0.900 bits per heavy atom. The number of unbranched alkanes of at least 4 members (excludes halogenated alkanes) is 9. The minimum absolute atomic E-state index is 1.11. The van der Waals surface area contributed by atoms with Crippen molar-refractivity contribution < 1.29 is 8.97 Å². The highest BCUT2D eigenvalue weighted by Gasteiger charge is 2.39. The van der Waals surface area contributed by atoms with Crippen LogP contribution in [0.2, 0.25) is 0 Å². The smallest absolute Gasteiger partial charge is 0.0789 e. The molecule has 0 aromatic carbocycles. The average Bonchev–Trinajstić information content (AvgIpc) is 2.83. The first-order valence-electron chi connectivity index (χ1n) is 14.5. The molecule has 6 rings (SSSR count). The van der Waals surface area contributed by atoms with Crippen molar-refractivity contribution in [1.29, 1.82) is 0 Å². The quantitative estimate of drug-likeness (QED) is 0.219. The molecule has 0 unspecified atom stereocenters. The summed E-state index contributed by atoms with van der Waals surface area (Å²) in [6.07, 6.45) is 24.3. The number of quaternary nitrogens is 2. The molecule has 0 N–H and O–H groups in total. The zero-order valence-electron chi connectivity index (χ0n) is 21.0. The zero-order valence-corrected chi connectivity index (χ0v) is 21.0. The number of hydrogen-bond acceptors (Lipinski definition) is 0. The highest BCUT2D eigenvalue weighted by atomic mass is 15.4. The molecule has 6 heterocycles. The lowest BCUT2D eigenvalue weighted by Crippen LogP contribution is -2.58. The van der Waals surface area contributed by atoms with Crippen molar-refractivity contribution in [2.45, 2.75) is 117 Å². The van der Waals surface area contributed by atoms with Crippen LogP contribution in [0, 0.1) is 11.8 Å². The van der Waals surface area contributed by atoms with E-state index in [0.717, 1.165) is 11.8 Å². The predicted molar refractivity (Wildman–Crippen MR) is 132 cm³/mol. The molecule has 6 aliphatic rings. The number of piperidine rings is 6. The molecule has 2 heteroatoms. The van der Waals surface area contributed by atoms with Gasteiger partial charge in [0.25, 0.3) is 0 Å². The van der Waals surface area contributed by atoms with E-state index in [2.05, 4.69) is 0 Å². The summed E-state index contributed by atoms with van der Waals surface area (Å²) in [5, 5.41) is 0. The van der Waals surface area contributed by atoms with Gasteiger partial charge in [0.1, 0.15) is 0 Å². The third-order valence-corrected chi connectivity index (χ3v) is 9.59. The van der Waals surface area contributed by atoms with E-state index in [-0.39, 0.29) is 0 Å². The van der Waals surface area contributed by atoms with Gasteiger partial charge in [-0.15, -0.1) is 0 Å². The van der Waals surface area contributed by atoms with Crippen LogP contribution in [0.15, 0.2) is 0 Å². The SMILES string of the molecule is C(CCCCCC[N+]12CCC(CC1)CC2)CCCCC[N+]12CCC(CC1)CC2.CC. The molecule has 2 nitrogen and oxygen atoms in total. The van der Waals surface area contributed by atoms with E-state index in [0.29, 0.717) is 0 Å². The Bertz CT molecular complexity index is 374. The van der Waals surface area contributed by atoms with Crippen molar-refractivity contribution in [3.8, 4) is 0 Å². The number of hydrogen-bond donors (Lipinski definition) is 0. The van der Waals surface area contributed by atoms with Gasteiger partial charge in [-0.3, -0.25) is 0 Å². The van der Waals surface area contributed by atoms with Gasteiger partial charge in [-0.05, 0) is 76.0 Å². The summed E-state index contributed by atoms with van der Waals surface area (Å²) in [7, 11) is 0. The van der Waals surface area contributed by atoms with E-state index in [1.807, 2.05) is 13.8 Å². The summed E-state index contributed by atoms with van der Waals surface area (Å²) >= 11 is 0. The average molecular weight is 421 g/mol. The molecule has 0 aromatic heterocycles. The van der Waals surface area contributed by atoms with Gasteiger partial charge in [-0.2, -0.15) is 0 Å². The summed E-state index contributed by atoms with van der Waals surface area (Å²) in [5.41, 5.74) is 0. The van der Waals surface area contributed by atoms with Crippen LogP contribution in [0.1, 0.15) is 117 Å². The van der Waals surface area contributed by atoms with Crippen molar-refractivity contribution in [1.82, 2.24) is 0 Å². The normalized spacial score (nSPS) is 34.6. The van der Waals surface area contributed by atoms with E-state index in [4.69, 9.17) is 0 Å². The topological polar surface area (TPSA) is 0 Å². The standard InChI is InChI=1S/C26H50N2.C2H6/c1(3-5-7-9-17-27-19-11-25(12-20-27)13-21-27)2-4-6-8-10-18-28-22-14-26(15-23-28)16-24-28;1-2/h25-26H,1-24H2;1-2H3/q+2;. The summed E-state index contributed by atoms with van der Waals surface area (Å²) in [6.45, 7) is 16.1. The van der Waals surface area contributed by atoms with E-state index < -0.39 is 0 Å². The summed E-state index contributed by atoms with van der Waals surface area (Å²) in [6, 6.07) is 0. The van der Waals surface area contributed by atoms with Gasteiger partial charge in [0.05, 0.1) is 52.4 Å². The lowest BCUT2D eigenvalue weighted by molar-refractivity contribution is -0.942. The van der Waals surface area contributed by atoms with E-state index >= 15 is 0 Å². The van der Waals surface area contributed by atoms with Gasteiger partial charge in [0.2, 0.25) is 0 Å². The van der Waals surface area contributed by atoms with Crippen LogP contribution in [0.3, 0.4) is 0 Å². The van der Waals surface area contributed by atoms with Crippen molar-refractivity contribution in [3.63, 3.8) is 0 Å². The number of rotatable bonds is 13. The van der Waals surface area contributed by atoms with Crippen molar-refractivity contribution in [2.75, 3.05) is 52.4 Å². The molecule has 0 aromatic rings. The monoisotopic (exact) mass is 420 g/mol. The molecule has 4 bridgehead atoms. The van der Waals surface area contributed by atoms with Crippen LogP contribution in [0.4, 0.5) is 0 Å². The molecule has 0 spiro atoms. The van der Waals surface area contributed by atoms with E-state index in [1.165, 1.54) is 126 Å². The van der Waals surface area contributed by atoms with Gasteiger partial charge >= 0.3 is 0 Å². The predicted octanol–water partition coefficient (Wildman–Crippen LogP) is 7.17. The Morgan fingerprint density at radius 2 is 0.633 bits per heavy atom. The van der Waals surface area contributed by atoms with Crippen molar-refractivity contribution in [2.24, 2.45) is 11.8 Å². The third-order valence-electron chi connectivity index (χ3n) is 9.59. The molecule has 0 atom stereocenters. The fourth-order valence-electron chi connectivity index (χ4n) is 7.25. The zero-order chi connectivity index (χ0) is 21.1. The third kappa shape index (κ3) is 7.22.